The van der Waals surface area contributed by atoms with Crippen LogP contribution < -0.4 is 5.32 Å². The van der Waals surface area contributed by atoms with Crippen LogP contribution in [0.1, 0.15) is 41.5 Å². The van der Waals surface area contributed by atoms with Gasteiger partial charge in [0.05, 0.1) is 30.8 Å². The molecule has 0 unspecified atom stereocenters. The van der Waals surface area contributed by atoms with E-state index in [-0.39, 0.29) is 5.91 Å². The molecule has 2 aliphatic rings. The average Bonchev–Trinajstić information content (AvgIpc) is 3.14. The Hall–Kier alpha value is -3.26. The predicted octanol–water partition coefficient (Wildman–Crippen LogP) is 3.59. The van der Waals surface area contributed by atoms with Crippen LogP contribution in [-0.4, -0.2) is 56.6 Å². The van der Waals surface area contributed by atoms with E-state index in [2.05, 4.69) is 19.9 Å². The highest BCUT2D eigenvalue weighted by Crippen LogP contribution is 2.36. The van der Waals surface area contributed by atoms with Crippen molar-refractivity contribution >= 4 is 17.5 Å². The first-order chi connectivity index (χ1) is 15.2. The summed E-state index contributed by atoms with van der Waals surface area (Å²) in [5.41, 5.74) is 3.38. The summed E-state index contributed by atoms with van der Waals surface area (Å²) in [5, 5.41) is 3.25. The smallest absolute Gasteiger partial charge is 0.254 e. The number of nitrogens with one attached hydrogen (secondary N) is 1. The number of hydrogen-bond acceptors (Lipinski definition) is 6. The molecule has 2 fully saturated rings. The fraction of sp³-hybridized carbons (Fsp3) is 0.391. The number of carbonyl (C=O) groups is 1. The molecular weight excluding hydrogens is 392 g/mol. The van der Waals surface area contributed by atoms with Crippen LogP contribution in [0.2, 0.25) is 0 Å². The van der Waals surface area contributed by atoms with Crippen LogP contribution in [-0.2, 0) is 4.74 Å². The van der Waals surface area contributed by atoms with Gasteiger partial charge in [-0.3, -0.25) is 4.79 Å². The minimum atomic E-state index is 0.0349. The van der Waals surface area contributed by atoms with Gasteiger partial charge in [-0.05, 0) is 56.5 Å². The van der Waals surface area contributed by atoms with Gasteiger partial charge in [-0.15, -0.1) is 0 Å². The minimum Gasteiger partial charge on any atom is -0.378 e. The minimum absolute atomic E-state index is 0.0349. The lowest BCUT2D eigenvalue weighted by Gasteiger charge is -2.29. The van der Waals surface area contributed by atoms with Crippen molar-refractivity contribution in [3.8, 4) is 11.4 Å². The van der Waals surface area contributed by atoms with Crippen LogP contribution in [0.5, 0.6) is 0 Å². The van der Waals surface area contributed by atoms with Crippen LogP contribution in [0.4, 0.5) is 11.6 Å². The van der Waals surface area contributed by atoms with Gasteiger partial charge in [-0.25, -0.2) is 15.0 Å². The van der Waals surface area contributed by atoms with Gasteiger partial charge in [-0.2, -0.15) is 0 Å². The molecule has 0 radical (unpaired) electrons. The molecule has 1 saturated carbocycles. The van der Waals surface area contributed by atoms with Crippen molar-refractivity contribution in [1.29, 1.82) is 0 Å². The largest absolute Gasteiger partial charge is 0.378 e. The number of rotatable bonds is 5. The number of aromatic nitrogens is 4. The summed E-state index contributed by atoms with van der Waals surface area (Å²) in [6.45, 7) is 4.51. The Morgan fingerprint density at radius 2 is 1.87 bits per heavy atom. The Morgan fingerprint density at radius 1 is 1.10 bits per heavy atom. The predicted molar refractivity (Wildman–Crippen MR) is 117 cm³/mol. The van der Waals surface area contributed by atoms with Crippen molar-refractivity contribution < 1.29 is 9.53 Å². The number of benzene rings is 1. The molecule has 8 nitrogen and oxygen atoms in total. The van der Waals surface area contributed by atoms with E-state index >= 15 is 0 Å². The van der Waals surface area contributed by atoms with Gasteiger partial charge in [0, 0.05) is 36.6 Å². The number of morpholine rings is 1. The van der Waals surface area contributed by atoms with Gasteiger partial charge in [0.1, 0.15) is 5.82 Å². The first-order valence-electron chi connectivity index (χ1n) is 10.8. The summed E-state index contributed by atoms with van der Waals surface area (Å²) < 4.78 is 7.61. The van der Waals surface area contributed by atoms with E-state index in [0.717, 1.165) is 22.9 Å². The lowest BCUT2D eigenvalue weighted by Crippen LogP contribution is -2.40. The third-order valence-corrected chi connectivity index (χ3v) is 6.03. The summed E-state index contributed by atoms with van der Waals surface area (Å²) in [6.07, 6.45) is 7.30. The second kappa shape index (κ2) is 8.47. The average molecular weight is 419 g/mol. The summed E-state index contributed by atoms with van der Waals surface area (Å²) >= 11 is 0. The van der Waals surface area contributed by atoms with E-state index in [9.17, 15) is 4.79 Å². The molecule has 0 spiro atoms. The molecule has 160 valence electrons. The molecule has 1 aliphatic heterocycles. The zero-order valence-corrected chi connectivity index (χ0v) is 17.6. The van der Waals surface area contributed by atoms with E-state index in [0.29, 0.717) is 43.9 Å². The summed E-state index contributed by atoms with van der Waals surface area (Å²) in [5.74, 6) is 1.57. The Labute approximate surface area is 181 Å². The molecule has 3 heterocycles. The standard InChI is InChI=1S/C23H26N6O2/c1-16-25-15-21(29(16)19-3-2-4-19)20-9-10-24-23(27-20)26-18-7-5-17(6-8-18)22(30)28-11-13-31-14-12-28/h5-10,15,19H,2-4,11-14H2,1H3,(H,24,26,27). The van der Waals surface area contributed by atoms with Gasteiger partial charge in [0.2, 0.25) is 5.95 Å². The molecule has 1 saturated heterocycles. The fourth-order valence-electron chi connectivity index (χ4n) is 4.08. The molecule has 0 bridgehead atoms. The second-order valence-corrected chi connectivity index (χ2v) is 8.02. The fourth-order valence-corrected chi connectivity index (χ4v) is 4.08. The molecule has 0 atom stereocenters. The highest BCUT2D eigenvalue weighted by Gasteiger charge is 2.24. The lowest BCUT2D eigenvalue weighted by molar-refractivity contribution is 0.0303. The van der Waals surface area contributed by atoms with Crippen LogP contribution in [0, 0.1) is 6.92 Å². The van der Waals surface area contributed by atoms with E-state index < -0.39 is 0 Å². The topological polar surface area (TPSA) is 85.2 Å². The van der Waals surface area contributed by atoms with Crippen LogP contribution in [0.15, 0.2) is 42.7 Å². The number of aryl methyl sites for hydroxylation is 1. The van der Waals surface area contributed by atoms with Crippen LogP contribution in [0.3, 0.4) is 0 Å². The van der Waals surface area contributed by atoms with Crippen molar-refractivity contribution in [3.63, 3.8) is 0 Å². The van der Waals surface area contributed by atoms with E-state index in [1.165, 1.54) is 19.3 Å². The number of anilines is 2. The quantitative estimate of drug-likeness (QED) is 0.682. The van der Waals surface area contributed by atoms with Crippen molar-refractivity contribution in [1.82, 2.24) is 24.4 Å². The summed E-state index contributed by atoms with van der Waals surface area (Å²) in [7, 11) is 0. The molecule has 31 heavy (non-hydrogen) atoms. The maximum atomic E-state index is 12.6. The molecule has 3 aromatic rings. The first-order valence-corrected chi connectivity index (χ1v) is 10.8. The molecule has 2 aromatic heterocycles. The first kappa shape index (κ1) is 19.7. The highest BCUT2D eigenvalue weighted by molar-refractivity contribution is 5.94. The molecule has 1 aliphatic carbocycles. The number of nitrogens with zero attached hydrogens (tertiary/aromatic N) is 5. The molecule has 1 N–H and O–H groups in total. The Kier molecular flexibility index (Phi) is 5.38. The molecule has 8 heteroatoms. The van der Waals surface area contributed by atoms with Gasteiger partial charge in [0.15, 0.2) is 0 Å². The third-order valence-electron chi connectivity index (χ3n) is 6.03. The van der Waals surface area contributed by atoms with Crippen molar-refractivity contribution in [2.24, 2.45) is 0 Å². The van der Waals surface area contributed by atoms with Gasteiger partial charge in [-0.1, -0.05) is 0 Å². The van der Waals surface area contributed by atoms with Crippen LogP contribution >= 0.6 is 0 Å². The Balaban J connectivity index is 1.32. The zero-order valence-electron chi connectivity index (χ0n) is 17.6. The normalized spacial score (nSPS) is 16.7. The monoisotopic (exact) mass is 418 g/mol. The van der Waals surface area contributed by atoms with Gasteiger partial charge in [0.25, 0.3) is 5.91 Å². The van der Waals surface area contributed by atoms with E-state index in [1.807, 2.05) is 48.4 Å². The van der Waals surface area contributed by atoms with Crippen molar-refractivity contribution in [2.45, 2.75) is 32.2 Å². The van der Waals surface area contributed by atoms with Gasteiger partial charge >= 0.3 is 0 Å². The Bertz CT molecular complexity index is 1070. The number of ether oxygens (including phenoxy) is 1. The number of imidazole rings is 1. The van der Waals surface area contributed by atoms with Crippen molar-refractivity contribution in [3.05, 3.63) is 54.1 Å². The molecule has 5 rings (SSSR count). The highest BCUT2D eigenvalue weighted by atomic mass is 16.5. The second-order valence-electron chi connectivity index (χ2n) is 8.02. The van der Waals surface area contributed by atoms with Gasteiger partial charge < -0.3 is 19.5 Å². The maximum absolute atomic E-state index is 12.6. The number of carbonyl (C=O) groups excluding carboxylic acids is 1. The lowest BCUT2D eigenvalue weighted by atomic mass is 9.92. The SMILES string of the molecule is Cc1ncc(-c2ccnc(Nc3ccc(C(=O)N4CCOCC4)cc3)n2)n1C1CCC1. The number of amides is 1. The molecular formula is C23H26N6O2. The van der Waals surface area contributed by atoms with E-state index in [4.69, 9.17) is 9.72 Å². The van der Waals surface area contributed by atoms with Crippen LogP contribution in [0.25, 0.3) is 11.4 Å². The molecule has 1 aromatic carbocycles. The summed E-state index contributed by atoms with van der Waals surface area (Å²) in [4.78, 5) is 28.0. The zero-order chi connectivity index (χ0) is 21.2. The maximum Gasteiger partial charge on any atom is 0.254 e. The Morgan fingerprint density at radius 3 is 2.58 bits per heavy atom. The summed E-state index contributed by atoms with van der Waals surface area (Å²) in [6, 6.07) is 9.86. The molecule has 1 amide bonds. The third kappa shape index (κ3) is 4.03. The van der Waals surface area contributed by atoms with E-state index in [1.54, 1.807) is 6.20 Å². The number of hydrogen-bond donors (Lipinski definition) is 1. The van der Waals surface area contributed by atoms with Crippen molar-refractivity contribution in [2.75, 3.05) is 31.6 Å².